The number of hydrogen-bond donors (Lipinski definition) is 1. The van der Waals surface area contributed by atoms with Crippen LogP contribution in [-0.4, -0.2) is 80.6 Å². The molecule has 1 amide bonds. The van der Waals surface area contributed by atoms with E-state index in [-0.39, 0.29) is 62.4 Å². The highest BCUT2D eigenvalue weighted by molar-refractivity contribution is 7.90. The highest BCUT2D eigenvalue weighted by atomic mass is 32.2. The molecule has 15 heteroatoms. The lowest BCUT2D eigenvalue weighted by molar-refractivity contribution is -0.126. The fraction of sp³-hybridized carbons (Fsp3) is 0.345. The Labute approximate surface area is 252 Å². The van der Waals surface area contributed by atoms with Crippen LogP contribution in [0.1, 0.15) is 37.8 Å². The van der Waals surface area contributed by atoms with Gasteiger partial charge in [0.15, 0.2) is 21.3 Å². The third-order valence-electron chi connectivity index (χ3n) is 8.22. The van der Waals surface area contributed by atoms with Crippen LogP contribution >= 0.6 is 0 Å². The molecular weight excluding hydrogens is 589 g/mol. The van der Waals surface area contributed by atoms with E-state index in [1.54, 1.807) is 4.90 Å². The Morgan fingerprint density at radius 2 is 1.98 bits per heavy atom. The highest BCUT2D eigenvalue weighted by Gasteiger charge is 2.33. The van der Waals surface area contributed by atoms with Gasteiger partial charge in [0.2, 0.25) is 5.91 Å². The number of anilines is 2. The van der Waals surface area contributed by atoms with Crippen LogP contribution in [0, 0.1) is 5.82 Å². The summed E-state index contributed by atoms with van der Waals surface area (Å²) < 4.78 is 43.2. The van der Waals surface area contributed by atoms with E-state index in [2.05, 4.69) is 31.5 Å². The summed E-state index contributed by atoms with van der Waals surface area (Å²) in [6, 6.07) is 2.23. The molecule has 228 valence electrons. The fourth-order valence-corrected chi connectivity index (χ4v) is 6.65. The van der Waals surface area contributed by atoms with Gasteiger partial charge in [-0.05, 0) is 38.0 Å². The van der Waals surface area contributed by atoms with Crippen molar-refractivity contribution in [1.29, 1.82) is 0 Å². The summed E-state index contributed by atoms with van der Waals surface area (Å²) in [6.07, 6.45) is 8.70. The van der Waals surface area contributed by atoms with Crippen LogP contribution in [0.2, 0.25) is 0 Å². The number of pyridine rings is 2. The minimum absolute atomic E-state index is 0.0288. The SMILES string of the molecule is C=CC(=O)N1CCN(c2nc(=O)n(-c3c(S(C)(=O)=O)ccnc3C3CCC3)c3nc(-c4cncnc4N)c(F)cc23)[C@@H](C)C1. The van der Waals surface area contributed by atoms with Gasteiger partial charge in [-0.1, -0.05) is 13.0 Å². The minimum Gasteiger partial charge on any atom is -0.383 e. The Morgan fingerprint density at radius 1 is 1.20 bits per heavy atom. The van der Waals surface area contributed by atoms with E-state index >= 15 is 4.39 Å². The molecule has 1 atom stereocenters. The smallest absolute Gasteiger partial charge is 0.355 e. The Kier molecular flexibility index (Phi) is 7.35. The Morgan fingerprint density at radius 3 is 2.61 bits per heavy atom. The number of hydrogen-bond acceptors (Lipinski definition) is 11. The van der Waals surface area contributed by atoms with E-state index in [0.29, 0.717) is 25.3 Å². The summed E-state index contributed by atoms with van der Waals surface area (Å²) in [5.74, 6) is -0.947. The number of halogens is 1. The second-order valence-corrected chi connectivity index (χ2v) is 13.0. The average molecular weight is 620 g/mol. The molecule has 4 aromatic rings. The standard InChI is InChI=1S/C29H30FN9O4S/c1-4-22(40)37-10-11-38(16(2)14-37)27-18-12-20(30)24(19-13-32-15-34-26(19)31)35-28(18)39(29(41)36-27)25-21(44(3,42)43)8-9-33-23(25)17-6-5-7-17/h4,8-9,12-13,15-17H,1,5-7,10-11,14H2,2-3H3,(H2,31,32,34)/t16-/m0/s1. The molecule has 0 spiro atoms. The first-order valence-corrected chi connectivity index (χ1v) is 15.9. The van der Waals surface area contributed by atoms with Gasteiger partial charge in [0.25, 0.3) is 0 Å². The summed E-state index contributed by atoms with van der Waals surface area (Å²) in [5, 5.41) is 0.166. The van der Waals surface area contributed by atoms with Gasteiger partial charge in [-0.15, -0.1) is 0 Å². The van der Waals surface area contributed by atoms with Gasteiger partial charge in [0.1, 0.15) is 23.7 Å². The number of carbonyl (C=O) groups excluding carboxylic acids is 1. The molecule has 2 N–H and O–H groups in total. The molecule has 0 unspecified atom stereocenters. The molecule has 0 aromatic carbocycles. The first-order chi connectivity index (χ1) is 21.0. The number of nitrogens with zero attached hydrogens (tertiary/aromatic N) is 8. The molecule has 0 bridgehead atoms. The average Bonchev–Trinajstić information content (AvgIpc) is 2.95. The largest absolute Gasteiger partial charge is 0.383 e. The lowest BCUT2D eigenvalue weighted by Crippen LogP contribution is -2.54. The van der Waals surface area contributed by atoms with Crippen molar-refractivity contribution in [3.8, 4) is 16.9 Å². The summed E-state index contributed by atoms with van der Waals surface area (Å²) >= 11 is 0. The number of rotatable bonds is 6. The van der Waals surface area contributed by atoms with Crippen molar-refractivity contribution in [3.05, 3.63) is 65.5 Å². The maximum absolute atomic E-state index is 15.9. The molecule has 1 saturated heterocycles. The third-order valence-corrected chi connectivity index (χ3v) is 9.34. The monoisotopic (exact) mass is 619 g/mol. The van der Waals surface area contributed by atoms with Gasteiger partial charge in [-0.25, -0.2) is 37.1 Å². The summed E-state index contributed by atoms with van der Waals surface area (Å²) in [5.41, 5.74) is 5.56. The van der Waals surface area contributed by atoms with Crippen molar-refractivity contribution in [2.24, 2.45) is 0 Å². The lowest BCUT2D eigenvalue weighted by atomic mass is 9.82. The predicted molar refractivity (Wildman–Crippen MR) is 162 cm³/mol. The molecule has 0 radical (unpaired) electrons. The van der Waals surface area contributed by atoms with Crippen molar-refractivity contribution < 1.29 is 17.6 Å². The molecule has 13 nitrogen and oxygen atoms in total. The van der Waals surface area contributed by atoms with Crippen LogP contribution in [0.3, 0.4) is 0 Å². The Bertz CT molecular complexity index is 2000. The molecule has 5 heterocycles. The molecule has 44 heavy (non-hydrogen) atoms. The van der Waals surface area contributed by atoms with Gasteiger partial charge in [-0.2, -0.15) is 4.98 Å². The van der Waals surface area contributed by atoms with Crippen LogP contribution in [0.25, 0.3) is 28.0 Å². The maximum atomic E-state index is 15.9. The van der Waals surface area contributed by atoms with Crippen molar-refractivity contribution in [1.82, 2.24) is 34.4 Å². The highest BCUT2D eigenvalue weighted by Crippen LogP contribution is 2.41. The van der Waals surface area contributed by atoms with Crippen LogP contribution in [0.5, 0.6) is 0 Å². The fourth-order valence-electron chi connectivity index (χ4n) is 5.79. The van der Waals surface area contributed by atoms with Gasteiger partial charge in [0.05, 0.1) is 27.2 Å². The number of carbonyl (C=O) groups is 1. The summed E-state index contributed by atoms with van der Waals surface area (Å²) in [6.45, 7) is 6.35. The van der Waals surface area contributed by atoms with Crippen molar-refractivity contribution in [3.63, 3.8) is 0 Å². The van der Waals surface area contributed by atoms with E-state index in [1.807, 2.05) is 11.8 Å². The second-order valence-electron chi connectivity index (χ2n) is 11.0. The summed E-state index contributed by atoms with van der Waals surface area (Å²) in [4.78, 5) is 51.2. The molecular formula is C29H30FN9O4S. The number of nitrogen functional groups attached to an aromatic ring is 1. The third kappa shape index (κ3) is 4.96. The van der Waals surface area contributed by atoms with Gasteiger partial charge in [-0.3, -0.25) is 9.78 Å². The van der Waals surface area contributed by atoms with Crippen LogP contribution in [0.15, 0.2) is 53.2 Å². The number of nitrogens with two attached hydrogens (primary N) is 1. The van der Waals surface area contributed by atoms with E-state index < -0.39 is 21.3 Å². The van der Waals surface area contributed by atoms with E-state index in [4.69, 9.17) is 5.73 Å². The predicted octanol–water partition coefficient (Wildman–Crippen LogP) is 2.25. The summed E-state index contributed by atoms with van der Waals surface area (Å²) in [7, 11) is -3.87. The second kappa shape index (κ2) is 11.0. The van der Waals surface area contributed by atoms with E-state index in [1.165, 1.54) is 36.9 Å². The Hall–Kier alpha value is -4.79. The van der Waals surface area contributed by atoms with E-state index in [0.717, 1.165) is 30.1 Å². The number of fused-ring (bicyclic) bond motifs is 1. The topological polar surface area (TPSA) is 170 Å². The first-order valence-electron chi connectivity index (χ1n) is 14.1. The number of amides is 1. The molecule has 1 aliphatic heterocycles. The van der Waals surface area contributed by atoms with Crippen molar-refractivity contribution >= 4 is 38.4 Å². The molecule has 2 aliphatic rings. The number of piperazine rings is 1. The molecule has 1 aliphatic carbocycles. The minimum atomic E-state index is -3.87. The van der Waals surface area contributed by atoms with Crippen LogP contribution in [0.4, 0.5) is 16.0 Å². The molecule has 2 fully saturated rings. The Balaban J connectivity index is 1.67. The quantitative estimate of drug-likeness (QED) is 0.314. The van der Waals surface area contributed by atoms with Crippen LogP contribution < -0.4 is 16.3 Å². The maximum Gasteiger partial charge on any atom is 0.355 e. The zero-order valence-electron chi connectivity index (χ0n) is 24.1. The van der Waals surface area contributed by atoms with Crippen LogP contribution in [-0.2, 0) is 14.6 Å². The normalized spacial score (nSPS) is 17.5. The zero-order chi connectivity index (χ0) is 31.3. The van der Waals surface area contributed by atoms with Gasteiger partial charge < -0.3 is 15.5 Å². The van der Waals surface area contributed by atoms with Crippen molar-refractivity contribution in [2.75, 3.05) is 36.5 Å². The molecule has 6 rings (SSSR count). The lowest BCUT2D eigenvalue weighted by Gasteiger charge is -2.40. The number of sulfone groups is 1. The number of aromatic nitrogens is 6. The first kappa shape index (κ1) is 29.3. The zero-order valence-corrected chi connectivity index (χ0v) is 25.0. The van der Waals surface area contributed by atoms with Gasteiger partial charge in [0, 0.05) is 50.2 Å². The van der Waals surface area contributed by atoms with Gasteiger partial charge >= 0.3 is 5.69 Å². The van der Waals surface area contributed by atoms with Crippen molar-refractivity contribution in [2.45, 2.75) is 43.0 Å². The molecule has 4 aromatic heterocycles. The van der Waals surface area contributed by atoms with E-state index in [9.17, 15) is 18.0 Å². The molecule has 1 saturated carbocycles.